The van der Waals surface area contributed by atoms with Crippen LogP contribution in [0, 0.1) is 5.92 Å². The van der Waals surface area contributed by atoms with Crippen LogP contribution >= 0.6 is 11.6 Å². The second-order valence-electron chi connectivity index (χ2n) is 10.7. The van der Waals surface area contributed by atoms with Gasteiger partial charge in [-0.2, -0.15) is 40.9 Å². The van der Waals surface area contributed by atoms with Crippen LogP contribution in [0.5, 0.6) is 0 Å². The van der Waals surface area contributed by atoms with Crippen molar-refractivity contribution < 1.29 is 45.1 Å². The van der Waals surface area contributed by atoms with Crippen LogP contribution < -0.4 is 16.1 Å². The average molecular weight is 716 g/mol. The molecular formula is C29H25ClF7N9O3. The minimum atomic E-state index is -4.52. The van der Waals surface area contributed by atoms with Gasteiger partial charge in [-0.1, -0.05) is 41.9 Å². The van der Waals surface area contributed by atoms with Crippen molar-refractivity contribution in [1.29, 1.82) is 0 Å². The molecule has 0 bridgehead atoms. The summed E-state index contributed by atoms with van der Waals surface area (Å²) in [5.41, 5.74) is 7.10. The summed E-state index contributed by atoms with van der Waals surface area (Å²) >= 11 is 6.20. The van der Waals surface area contributed by atoms with Gasteiger partial charge in [0.05, 0.1) is 28.9 Å². The zero-order chi connectivity index (χ0) is 35.6. The van der Waals surface area contributed by atoms with Crippen molar-refractivity contribution in [3.05, 3.63) is 71.0 Å². The largest absolute Gasteiger partial charge is 0.447 e. The van der Waals surface area contributed by atoms with Crippen molar-refractivity contribution in [2.24, 2.45) is 26.7 Å². The highest BCUT2D eigenvalue weighted by molar-refractivity contribution is 6.33. The molecule has 5 rings (SSSR count). The van der Waals surface area contributed by atoms with Crippen LogP contribution in [0.3, 0.4) is 0 Å². The minimum absolute atomic E-state index is 0.0535. The van der Waals surface area contributed by atoms with E-state index in [0.29, 0.717) is 21.4 Å². The Bertz CT molecular complexity index is 1770. The summed E-state index contributed by atoms with van der Waals surface area (Å²) in [5.74, 6) is -2.84. The number of hydrogen-bond acceptors (Lipinski definition) is 8. The number of hydrazone groups is 1. The number of carbonyl (C=O) groups is 2. The molecule has 0 spiro atoms. The number of nitrogens with one attached hydrogen (secondary N) is 1. The number of guanidine groups is 1. The molecule has 1 aliphatic heterocycles. The predicted octanol–water partition coefficient (Wildman–Crippen LogP) is 5.89. The van der Waals surface area contributed by atoms with Gasteiger partial charge in [0.15, 0.2) is 12.0 Å². The monoisotopic (exact) mass is 715 g/mol. The van der Waals surface area contributed by atoms with Crippen molar-refractivity contribution in [3.8, 4) is 11.1 Å². The van der Waals surface area contributed by atoms with Crippen molar-refractivity contribution >= 4 is 48.3 Å². The van der Waals surface area contributed by atoms with E-state index in [1.54, 1.807) is 12.1 Å². The third-order valence-electron chi connectivity index (χ3n) is 7.58. The molecule has 2 aromatic carbocycles. The number of anilines is 1. The van der Waals surface area contributed by atoms with E-state index in [2.05, 4.69) is 32.2 Å². The Balaban J connectivity index is 1.43. The molecule has 2 amide bonds. The van der Waals surface area contributed by atoms with Gasteiger partial charge in [0.2, 0.25) is 0 Å². The van der Waals surface area contributed by atoms with Crippen LogP contribution in [-0.4, -0.2) is 71.1 Å². The molecule has 0 saturated heterocycles. The SMILES string of the molecule is C=N/C=N\N(c1cc([C@@H](COC(=O)N[C@H]2CC2C(F)(F)F)N2C(=O)[C@@H](c3ccc(-c4cnn(C(F)F)c4)cc3)N=C2N)ccc1Cl)C(F)F. The molecule has 260 valence electrons. The number of rotatable bonds is 12. The van der Waals surface area contributed by atoms with Gasteiger partial charge in [0.1, 0.15) is 12.9 Å². The Morgan fingerprint density at radius 2 is 1.90 bits per heavy atom. The fourth-order valence-electron chi connectivity index (χ4n) is 5.08. The van der Waals surface area contributed by atoms with Gasteiger partial charge in [0, 0.05) is 17.8 Å². The first kappa shape index (κ1) is 35.1. The van der Waals surface area contributed by atoms with E-state index in [9.17, 15) is 40.3 Å². The summed E-state index contributed by atoms with van der Waals surface area (Å²) in [6, 6.07) is 6.00. The third-order valence-corrected chi connectivity index (χ3v) is 7.90. The zero-order valence-electron chi connectivity index (χ0n) is 24.8. The second kappa shape index (κ2) is 14.1. The lowest BCUT2D eigenvalue weighted by Gasteiger charge is -2.29. The Labute approximate surface area is 277 Å². The Hall–Kier alpha value is -5.20. The van der Waals surface area contributed by atoms with Crippen LogP contribution in [0.2, 0.25) is 5.02 Å². The maximum atomic E-state index is 13.9. The topological polar surface area (TPSA) is 143 Å². The molecule has 3 aromatic rings. The predicted molar refractivity (Wildman–Crippen MR) is 163 cm³/mol. The van der Waals surface area contributed by atoms with E-state index in [-0.39, 0.29) is 33.7 Å². The average Bonchev–Trinajstić information content (AvgIpc) is 3.53. The summed E-state index contributed by atoms with van der Waals surface area (Å²) < 4.78 is 98.4. The molecule has 1 aromatic heterocycles. The summed E-state index contributed by atoms with van der Waals surface area (Å²) in [7, 11) is 0. The van der Waals surface area contributed by atoms with Crippen LogP contribution in [0.1, 0.15) is 36.2 Å². The quantitative estimate of drug-likeness (QED) is 0.0788. The first-order valence-corrected chi connectivity index (χ1v) is 14.5. The summed E-state index contributed by atoms with van der Waals surface area (Å²) in [4.78, 5) is 34.8. The Kier molecular flexibility index (Phi) is 10.1. The van der Waals surface area contributed by atoms with Gasteiger partial charge in [-0.25, -0.2) is 19.5 Å². The van der Waals surface area contributed by atoms with E-state index in [1.165, 1.54) is 30.5 Å². The molecule has 1 aliphatic carbocycles. The van der Waals surface area contributed by atoms with E-state index in [0.717, 1.165) is 23.5 Å². The number of halogens is 8. The standard InChI is InChI=1S/C29H25ClF7N9O3/c1-39-13-41-46(26(33)34)21-8-16(6-7-19(21)30)22(12-49-28(48)42-20-9-18(20)29(35,36)37)45-24(47)23(43-27(45)38)15-4-2-14(3-5-15)17-10-40-44(11-17)25(31)32/h2-8,10-11,13,18,20,22-23,25-26H,1,9,12H2,(H2,38,43)(H,42,48)/b41-13-/t18?,20-,22+,23+/m0/s1. The van der Waals surface area contributed by atoms with Gasteiger partial charge < -0.3 is 15.8 Å². The molecule has 1 unspecified atom stereocenters. The van der Waals surface area contributed by atoms with Gasteiger partial charge in [0.25, 0.3) is 5.91 Å². The molecule has 0 radical (unpaired) electrons. The minimum Gasteiger partial charge on any atom is -0.447 e. The van der Waals surface area contributed by atoms with Crippen LogP contribution in [0.4, 0.5) is 41.2 Å². The molecule has 3 N–H and O–H groups in total. The van der Waals surface area contributed by atoms with Crippen molar-refractivity contribution in [2.75, 3.05) is 11.6 Å². The van der Waals surface area contributed by atoms with Gasteiger partial charge in [-0.15, -0.1) is 0 Å². The van der Waals surface area contributed by atoms with E-state index in [4.69, 9.17) is 22.1 Å². The first-order chi connectivity index (χ1) is 23.2. The van der Waals surface area contributed by atoms with Crippen molar-refractivity contribution in [2.45, 2.75) is 43.8 Å². The molecule has 4 atom stereocenters. The molecule has 1 saturated carbocycles. The lowest BCUT2D eigenvalue weighted by molar-refractivity contribution is -0.149. The highest BCUT2D eigenvalue weighted by Gasteiger charge is 2.56. The highest BCUT2D eigenvalue weighted by Crippen LogP contribution is 2.44. The first-order valence-electron chi connectivity index (χ1n) is 14.1. The number of ether oxygens (including phenoxy) is 1. The van der Waals surface area contributed by atoms with Crippen molar-refractivity contribution in [3.63, 3.8) is 0 Å². The fraction of sp³-hybridized carbons (Fsp3) is 0.310. The molecule has 2 heterocycles. The number of hydrogen-bond donors (Lipinski definition) is 2. The summed E-state index contributed by atoms with van der Waals surface area (Å²) in [6.07, 6.45) is -2.97. The zero-order valence-corrected chi connectivity index (χ0v) is 25.6. The highest BCUT2D eigenvalue weighted by atomic mass is 35.5. The smallest absolute Gasteiger partial charge is 0.407 e. The van der Waals surface area contributed by atoms with Crippen LogP contribution in [0.15, 0.2) is 69.9 Å². The number of aromatic nitrogens is 2. The lowest BCUT2D eigenvalue weighted by atomic mass is 10.0. The molecule has 49 heavy (non-hydrogen) atoms. The summed E-state index contributed by atoms with van der Waals surface area (Å²) in [6.45, 7) is -3.62. The number of amides is 2. The van der Waals surface area contributed by atoms with E-state index < -0.39 is 61.9 Å². The number of nitrogens with zero attached hydrogens (tertiary/aromatic N) is 7. The molecular weight excluding hydrogens is 691 g/mol. The van der Waals surface area contributed by atoms with E-state index >= 15 is 0 Å². The van der Waals surface area contributed by atoms with E-state index in [1.807, 2.05) is 0 Å². The van der Waals surface area contributed by atoms with Crippen LogP contribution in [0.25, 0.3) is 11.1 Å². The fourth-order valence-corrected chi connectivity index (χ4v) is 5.29. The third kappa shape index (κ3) is 7.76. The number of nitrogens with two attached hydrogens (primary N) is 1. The maximum Gasteiger partial charge on any atom is 0.407 e. The Morgan fingerprint density at radius 1 is 1.18 bits per heavy atom. The number of carbonyl (C=O) groups excluding carboxylic acids is 2. The normalized spacial score (nSPS) is 19.8. The maximum absolute atomic E-state index is 13.9. The van der Waals surface area contributed by atoms with Gasteiger partial charge >= 0.3 is 25.4 Å². The second-order valence-corrected chi connectivity index (χ2v) is 11.1. The molecule has 2 aliphatic rings. The summed E-state index contributed by atoms with van der Waals surface area (Å²) in [5, 5.41) is 9.24. The number of aliphatic imine (C=N–C) groups is 2. The number of benzene rings is 2. The van der Waals surface area contributed by atoms with Gasteiger partial charge in [-0.05, 0) is 42.0 Å². The number of alkyl carbamates (subject to hydrolysis) is 1. The molecule has 1 fully saturated rings. The number of alkyl halides is 7. The van der Waals surface area contributed by atoms with Crippen LogP contribution in [-0.2, 0) is 9.53 Å². The van der Waals surface area contributed by atoms with Crippen molar-refractivity contribution in [1.82, 2.24) is 20.0 Å². The Morgan fingerprint density at radius 3 is 2.49 bits per heavy atom. The lowest BCUT2D eigenvalue weighted by Crippen LogP contribution is -2.43. The molecule has 12 nitrogen and oxygen atoms in total. The molecule has 20 heteroatoms. The van der Waals surface area contributed by atoms with Gasteiger partial charge in [-0.3, -0.25) is 14.7 Å².